The van der Waals surface area contributed by atoms with Crippen molar-refractivity contribution in [2.24, 2.45) is 5.73 Å². The van der Waals surface area contributed by atoms with E-state index in [0.717, 1.165) is 19.4 Å². The third-order valence-corrected chi connectivity index (χ3v) is 3.04. The van der Waals surface area contributed by atoms with Crippen LogP contribution in [0.3, 0.4) is 0 Å². The molecule has 0 aromatic carbocycles. The van der Waals surface area contributed by atoms with Crippen molar-refractivity contribution in [1.29, 1.82) is 0 Å². The molecule has 3 N–H and O–H groups in total. The fourth-order valence-corrected chi connectivity index (χ4v) is 1.54. The van der Waals surface area contributed by atoms with E-state index in [4.69, 9.17) is 10.5 Å². The van der Waals surface area contributed by atoms with Crippen molar-refractivity contribution in [2.75, 3.05) is 6.61 Å². The lowest BCUT2D eigenvalue weighted by atomic mass is 9.96. The lowest BCUT2D eigenvalue weighted by Gasteiger charge is -2.30. The van der Waals surface area contributed by atoms with E-state index in [0.29, 0.717) is 6.42 Å². The molecular formula is C11H22N2O2. The monoisotopic (exact) mass is 214 g/mol. The molecule has 15 heavy (non-hydrogen) atoms. The number of hydrogen-bond acceptors (Lipinski definition) is 3. The van der Waals surface area contributed by atoms with Gasteiger partial charge in [0, 0.05) is 18.2 Å². The minimum Gasteiger partial charge on any atom is -0.378 e. The summed E-state index contributed by atoms with van der Waals surface area (Å²) in [7, 11) is 0. The highest BCUT2D eigenvalue weighted by atomic mass is 16.5. The van der Waals surface area contributed by atoms with E-state index in [9.17, 15) is 4.79 Å². The summed E-state index contributed by atoms with van der Waals surface area (Å²) in [4.78, 5) is 11.7. The molecule has 0 aliphatic carbocycles. The van der Waals surface area contributed by atoms with Crippen LogP contribution >= 0.6 is 0 Å². The van der Waals surface area contributed by atoms with E-state index in [1.807, 2.05) is 20.8 Å². The first kappa shape index (κ1) is 12.5. The Morgan fingerprint density at radius 3 is 2.80 bits per heavy atom. The molecule has 1 aliphatic rings. The summed E-state index contributed by atoms with van der Waals surface area (Å²) >= 11 is 0. The highest BCUT2D eigenvalue weighted by Crippen LogP contribution is 2.16. The van der Waals surface area contributed by atoms with Crippen molar-refractivity contribution in [2.45, 2.75) is 57.7 Å². The van der Waals surface area contributed by atoms with E-state index in [2.05, 4.69) is 5.32 Å². The molecule has 1 saturated heterocycles. The second kappa shape index (κ2) is 4.94. The van der Waals surface area contributed by atoms with Gasteiger partial charge >= 0.3 is 0 Å². The van der Waals surface area contributed by atoms with Crippen LogP contribution in [0.4, 0.5) is 0 Å². The Kier molecular flexibility index (Phi) is 4.11. The van der Waals surface area contributed by atoms with Crippen LogP contribution in [0.2, 0.25) is 0 Å². The molecule has 88 valence electrons. The largest absolute Gasteiger partial charge is 0.378 e. The van der Waals surface area contributed by atoms with E-state index >= 15 is 0 Å². The molecule has 4 heteroatoms. The van der Waals surface area contributed by atoms with Gasteiger partial charge in [-0.05, 0) is 33.6 Å². The number of amides is 1. The summed E-state index contributed by atoms with van der Waals surface area (Å²) in [6.07, 6.45) is 2.62. The molecule has 0 radical (unpaired) electrons. The molecule has 0 aromatic heterocycles. The van der Waals surface area contributed by atoms with E-state index in [1.54, 1.807) is 0 Å². The highest BCUT2D eigenvalue weighted by Gasteiger charge is 2.27. The highest BCUT2D eigenvalue weighted by molar-refractivity contribution is 5.77. The van der Waals surface area contributed by atoms with Crippen LogP contribution in [0.5, 0.6) is 0 Å². The van der Waals surface area contributed by atoms with Gasteiger partial charge in [0.05, 0.1) is 12.5 Å². The van der Waals surface area contributed by atoms with Gasteiger partial charge in [-0.1, -0.05) is 0 Å². The molecule has 1 aliphatic heterocycles. The Balaban J connectivity index is 2.34. The van der Waals surface area contributed by atoms with Crippen molar-refractivity contribution >= 4 is 5.91 Å². The lowest BCUT2D eigenvalue weighted by molar-refractivity contribution is -0.125. The number of nitrogens with one attached hydrogen (secondary N) is 1. The molecule has 1 rings (SSSR count). The van der Waals surface area contributed by atoms with E-state index in [1.165, 1.54) is 0 Å². The van der Waals surface area contributed by atoms with Crippen LogP contribution in [0.25, 0.3) is 0 Å². The number of nitrogens with two attached hydrogens (primary N) is 1. The Morgan fingerprint density at radius 2 is 2.33 bits per heavy atom. The second-order valence-electron chi connectivity index (χ2n) is 4.90. The number of carbonyl (C=O) groups excluding carboxylic acids is 1. The zero-order chi connectivity index (χ0) is 11.5. The Hall–Kier alpha value is -0.610. The average Bonchev–Trinajstić information content (AvgIpc) is 2.54. The van der Waals surface area contributed by atoms with Crippen LogP contribution in [0.1, 0.15) is 40.0 Å². The number of ether oxygens (including phenoxy) is 1. The smallest absolute Gasteiger partial charge is 0.223 e. The molecule has 4 nitrogen and oxygen atoms in total. The minimum atomic E-state index is -0.352. The molecular weight excluding hydrogens is 192 g/mol. The molecule has 0 saturated carbocycles. The van der Waals surface area contributed by atoms with Gasteiger partial charge in [-0.2, -0.15) is 0 Å². The molecule has 0 spiro atoms. The fraction of sp³-hybridized carbons (Fsp3) is 0.909. The van der Waals surface area contributed by atoms with Gasteiger partial charge < -0.3 is 15.8 Å². The summed E-state index contributed by atoms with van der Waals surface area (Å²) < 4.78 is 5.41. The van der Waals surface area contributed by atoms with Crippen LogP contribution in [-0.4, -0.2) is 30.2 Å². The van der Waals surface area contributed by atoms with Crippen LogP contribution in [0, 0.1) is 0 Å². The van der Waals surface area contributed by atoms with Crippen LogP contribution in [0.15, 0.2) is 0 Å². The van der Waals surface area contributed by atoms with Crippen molar-refractivity contribution < 1.29 is 9.53 Å². The third-order valence-electron chi connectivity index (χ3n) is 3.04. The second-order valence-corrected chi connectivity index (χ2v) is 4.90. The van der Waals surface area contributed by atoms with Gasteiger partial charge in [0.1, 0.15) is 0 Å². The third kappa shape index (κ3) is 3.80. The Labute approximate surface area is 91.5 Å². The van der Waals surface area contributed by atoms with Crippen LogP contribution in [-0.2, 0) is 9.53 Å². The maximum Gasteiger partial charge on any atom is 0.223 e. The zero-order valence-corrected chi connectivity index (χ0v) is 9.88. The van der Waals surface area contributed by atoms with Crippen LogP contribution < -0.4 is 11.1 Å². The first-order valence-electron chi connectivity index (χ1n) is 5.60. The molecule has 1 fully saturated rings. The van der Waals surface area contributed by atoms with Crippen molar-refractivity contribution in [3.8, 4) is 0 Å². The number of hydrogen-bond donors (Lipinski definition) is 2. The van der Waals surface area contributed by atoms with Crippen molar-refractivity contribution in [3.63, 3.8) is 0 Å². The average molecular weight is 214 g/mol. The zero-order valence-electron chi connectivity index (χ0n) is 9.88. The molecule has 0 bridgehead atoms. The molecule has 2 atom stereocenters. The first-order chi connectivity index (χ1) is 6.92. The predicted octanol–water partition coefficient (Wildman–Crippen LogP) is 0.797. The predicted molar refractivity (Wildman–Crippen MR) is 59.5 cm³/mol. The van der Waals surface area contributed by atoms with E-state index < -0.39 is 0 Å². The van der Waals surface area contributed by atoms with Gasteiger partial charge in [-0.3, -0.25) is 4.79 Å². The van der Waals surface area contributed by atoms with Gasteiger partial charge in [0.2, 0.25) is 5.91 Å². The standard InChI is InChI=1S/C11H22N2O2/c1-8(12)11(2,3)13-10(14)7-9-5-4-6-15-9/h8-9H,4-7,12H2,1-3H3,(H,13,14). The van der Waals surface area contributed by atoms with Gasteiger partial charge in [-0.25, -0.2) is 0 Å². The van der Waals surface area contributed by atoms with Crippen molar-refractivity contribution in [3.05, 3.63) is 0 Å². The number of carbonyl (C=O) groups is 1. The summed E-state index contributed by atoms with van der Waals surface area (Å²) in [5.74, 6) is 0.0317. The quantitative estimate of drug-likeness (QED) is 0.727. The lowest BCUT2D eigenvalue weighted by Crippen LogP contribution is -2.54. The van der Waals surface area contributed by atoms with Crippen molar-refractivity contribution in [1.82, 2.24) is 5.32 Å². The Morgan fingerprint density at radius 1 is 1.67 bits per heavy atom. The first-order valence-corrected chi connectivity index (χ1v) is 5.60. The number of rotatable bonds is 4. The van der Waals surface area contributed by atoms with Gasteiger partial charge in [0.25, 0.3) is 0 Å². The maximum absolute atomic E-state index is 11.7. The normalized spacial score (nSPS) is 23.9. The summed E-state index contributed by atoms with van der Waals surface area (Å²) in [5.41, 5.74) is 5.43. The summed E-state index contributed by atoms with van der Waals surface area (Å²) in [5, 5.41) is 2.94. The molecule has 1 amide bonds. The SMILES string of the molecule is CC(N)C(C)(C)NC(=O)CC1CCCO1. The van der Waals surface area contributed by atoms with E-state index in [-0.39, 0.29) is 23.6 Å². The Bertz CT molecular complexity index is 221. The summed E-state index contributed by atoms with van der Waals surface area (Å²) in [6.45, 7) is 6.55. The minimum absolute atomic E-state index is 0.0317. The van der Waals surface area contributed by atoms with Gasteiger partial charge in [0.15, 0.2) is 0 Å². The molecule has 0 aromatic rings. The maximum atomic E-state index is 11.7. The van der Waals surface area contributed by atoms with Gasteiger partial charge in [-0.15, -0.1) is 0 Å². The topological polar surface area (TPSA) is 64.3 Å². The molecule has 2 unspecified atom stereocenters. The fourth-order valence-electron chi connectivity index (χ4n) is 1.54. The summed E-state index contributed by atoms with van der Waals surface area (Å²) in [6, 6.07) is -0.0639. The molecule has 1 heterocycles.